The molecule has 28 heavy (non-hydrogen) atoms. The van der Waals surface area contributed by atoms with Crippen LogP contribution in [0.2, 0.25) is 0 Å². The Morgan fingerprint density at radius 3 is 2.57 bits per heavy atom. The quantitative estimate of drug-likeness (QED) is 0.486. The number of nitro benzene ring substituents is 1. The van der Waals surface area contributed by atoms with Crippen molar-refractivity contribution in [1.29, 1.82) is 0 Å². The molecule has 8 heteroatoms. The summed E-state index contributed by atoms with van der Waals surface area (Å²) in [6, 6.07) is 3.92. The van der Waals surface area contributed by atoms with Crippen molar-refractivity contribution >= 4 is 23.4 Å². The Balaban J connectivity index is 1.51. The zero-order valence-electron chi connectivity index (χ0n) is 16.2. The van der Waals surface area contributed by atoms with Gasteiger partial charge in [-0.25, -0.2) is 0 Å². The molecule has 3 atom stereocenters. The summed E-state index contributed by atoms with van der Waals surface area (Å²) >= 11 is 0. The van der Waals surface area contributed by atoms with Crippen molar-refractivity contribution in [1.82, 2.24) is 10.2 Å². The predicted molar refractivity (Wildman–Crippen MR) is 99.6 cm³/mol. The highest BCUT2D eigenvalue weighted by atomic mass is 16.6. The number of nitrogens with zero attached hydrogens (tertiary/aromatic N) is 2. The lowest BCUT2D eigenvalue weighted by Crippen LogP contribution is -2.50. The van der Waals surface area contributed by atoms with Gasteiger partial charge in [0.05, 0.1) is 10.5 Å². The second-order valence-electron chi connectivity index (χ2n) is 8.88. The molecular formula is C20H23N3O5. The average Bonchev–Trinajstić information content (AvgIpc) is 3.08. The van der Waals surface area contributed by atoms with Crippen LogP contribution in [0.1, 0.15) is 60.7 Å². The first-order valence-electron chi connectivity index (χ1n) is 9.51. The van der Waals surface area contributed by atoms with Gasteiger partial charge in [-0.05, 0) is 42.1 Å². The number of hydrogen-bond donors (Lipinski definition) is 1. The zero-order chi connectivity index (χ0) is 20.4. The van der Waals surface area contributed by atoms with Crippen LogP contribution >= 0.6 is 0 Å². The summed E-state index contributed by atoms with van der Waals surface area (Å²) in [6.45, 7) is 6.23. The fourth-order valence-electron chi connectivity index (χ4n) is 5.42. The molecule has 1 N–H and O–H groups in total. The normalized spacial score (nSPS) is 29.9. The number of amides is 3. The molecule has 2 bridgehead atoms. The first kappa shape index (κ1) is 18.6. The smallest absolute Gasteiger partial charge is 0.282 e. The number of fused-ring (bicyclic) bond motifs is 3. The van der Waals surface area contributed by atoms with Crippen LogP contribution in [0.25, 0.3) is 0 Å². The van der Waals surface area contributed by atoms with Crippen molar-refractivity contribution in [2.75, 3.05) is 6.54 Å². The van der Waals surface area contributed by atoms with E-state index < -0.39 is 34.9 Å². The molecule has 0 radical (unpaired) electrons. The third-order valence-electron chi connectivity index (χ3n) is 7.60. The fraction of sp³-hybridized carbons (Fsp3) is 0.550. The Morgan fingerprint density at radius 1 is 1.29 bits per heavy atom. The molecule has 3 aliphatic rings. The first-order valence-corrected chi connectivity index (χ1v) is 9.51. The van der Waals surface area contributed by atoms with Crippen LogP contribution < -0.4 is 5.32 Å². The fourth-order valence-corrected chi connectivity index (χ4v) is 5.42. The van der Waals surface area contributed by atoms with Crippen molar-refractivity contribution in [3.05, 3.63) is 39.4 Å². The number of nitrogens with one attached hydrogen (secondary N) is 1. The molecule has 2 fully saturated rings. The van der Waals surface area contributed by atoms with Gasteiger partial charge in [-0.3, -0.25) is 29.4 Å². The number of hydrogen-bond acceptors (Lipinski definition) is 5. The summed E-state index contributed by atoms with van der Waals surface area (Å²) in [6.07, 6.45) is 3.08. The summed E-state index contributed by atoms with van der Waals surface area (Å²) < 4.78 is 0. The van der Waals surface area contributed by atoms with Crippen LogP contribution in [0.5, 0.6) is 0 Å². The van der Waals surface area contributed by atoms with E-state index >= 15 is 0 Å². The third kappa shape index (κ3) is 2.33. The predicted octanol–water partition coefficient (Wildman–Crippen LogP) is 2.52. The van der Waals surface area contributed by atoms with Crippen LogP contribution in [-0.2, 0) is 4.79 Å². The molecule has 1 aromatic rings. The maximum absolute atomic E-state index is 12.7. The Morgan fingerprint density at radius 2 is 2.00 bits per heavy atom. The minimum absolute atomic E-state index is 0.00160. The number of benzene rings is 1. The average molecular weight is 385 g/mol. The molecule has 1 aliphatic heterocycles. The van der Waals surface area contributed by atoms with Crippen LogP contribution in [0.4, 0.5) is 5.69 Å². The molecule has 1 heterocycles. The molecule has 2 saturated carbocycles. The van der Waals surface area contributed by atoms with Gasteiger partial charge < -0.3 is 5.32 Å². The van der Waals surface area contributed by atoms with Gasteiger partial charge >= 0.3 is 0 Å². The highest BCUT2D eigenvalue weighted by Gasteiger charge is 2.61. The standard InChI is InChI=1S/C20H23N3O5/c1-19(2)11-7-8-20(19,3)14(9-11)21-15(24)10-22-17(25)12-5-4-6-13(23(27)28)16(12)18(22)26/h4-6,11,14H,7-10H2,1-3H3,(H,21,24). The number of imide groups is 1. The summed E-state index contributed by atoms with van der Waals surface area (Å²) in [5.74, 6) is -1.32. The number of nitro groups is 1. The summed E-state index contributed by atoms with van der Waals surface area (Å²) in [7, 11) is 0. The number of rotatable bonds is 4. The SMILES string of the molecule is CC1(C)C2CCC1(C)C(NC(=O)CN1C(=O)c3cccc([N+](=O)[O-])c3C1=O)C2. The Bertz CT molecular complexity index is 924. The van der Waals surface area contributed by atoms with Crippen molar-refractivity contribution in [2.24, 2.45) is 16.7 Å². The van der Waals surface area contributed by atoms with E-state index in [2.05, 4.69) is 26.1 Å². The zero-order valence-corrected chi connectivity index (χ0v) is 16.2. The minimum atomic E-state index is -0.790. The van der Waals surface area contributed by atoms with Crippen LogP contribution in [0, 0.1) is 26.9 Å². The van der Waals surface area contributed by atoms with Crippen molar-refractivity contribution in [3.63, 3.8) is 0 Å². The lowest BCUT2D eigenvalue weighted by Gasteiger charge is -2.39. The van der Waals surface area contributed by atoms with Crippen LogP contribution in [0.15, 0.2) is 18.2 Å². The second-order valence-corrected chi connectivity index (χ2v) is 8.88. The molecule has 4 rings (SSSR count). The molecule has 0 aromatic heterocycles. The van der Waals surface area contributed by atoms with E-state index in [1.54, 1.807) is 0 Å². The molecule has 3 unspecified atom stereocenters. The Labute approximate surface area is 162 Å². The second kappa shape index (κ2) is 5.86. The van der Waals surface area contributed by atoms with E-state index in [1.807, 2.05) is 0 Å². The van der Waals surface area contributed by atoms with Gasteiger partial charge in [0.25, 0.3) is 17.5 Å². The van der Waals surface area contributed by atoms with E-state index in [0.29, 0.717) is 5.92 Å². The number of carbonyl (C=O) groups is 3. The van der Waals surface area contributed by atoms with Gasteiger partial charge in [0.15, 0.2) is 0 Å². The van der Waals surface area contributed by atoms with Gasteiger partial charge in [0.1, 0.15) is 12.1 Å². The number of carbonyl (C=O) groups excluding carboxylic acids is 3. The van der Waals surface area contributed by atoms with Gasteiger partial charge in [0, 0.05) is 12.1 Å². The lowest BCUT2D eigenvalue weighted by molar-refractivity contribution is -0.385. The lowest BCUT2D eigenvalue weighted by atomic mass is 9.69. The van der Waals surface area contributed by atoms with E-state index in [-0.39, 0.29) is 28.0 Å². The first-order chi connectivity index (χ1) is 13.1. The Kier molecular flexibility index (Phi) is 3.89. The van der Waals surface area contributed by atoms with Crippen molar-refractivity contribution in [2.45, 2.75) is 46.1 Å². The monoisotopic (exact) mass is 385 g/mol. The van der Waals surface area contributed by atoms with Gasteiger partial charge in [0.2, 0.25) is 5.91 Å². The minimum Gasteiger partial charge on any atom is -0.351 e. The summed E-state index contributed by atoms with van der Waals surface area (Å²) in [5.41, 5.74) is -0.575. The van der Waals surface area contributed by atoms with Crippen LogP contribution in [0.3, 0.4) is 0 Å². The molecule has 0 saturated heterocycles. The molecule has 0 spiro atoms. The molecular weight excluding hydrogens is 362 g/mol. The van der Waals surface area contributed by atoms with Crippen molar-refractivity contribution in [3.8, 4) is 0 Å². The van der Waals surface area contributed by atoms with E-state index in [4.69, 9.17) is 0 Å². The molecule has 3 amide bonds. The summed E-state index contributed by atoms with van der Waals surface area (Å²) in [4.78, 5) is 49.1. The van der Waals surface area contributed by atoms with Crippen LogP contribution in [-0.4, -0.2) is 40.1 Å². The van der Waals surface area contributed by atoms with Gasteiger partial charge in [-0.2, -0.15) is 0 Å². The summed E-state index contributed by atoms with van der Waals surface area (Å²) in [5, 5.41) is 14.2. The van der Waals surface area contributed by atoms with E-state index in [1.165, 1.54) is 18.2 Å². The molecule has 148 valence electrons. The van der Waals surface area contributed by atoms with Crippen molar-refractivity contribution < 1.29 is 19.3 Å². The van der Waals surface area contributed by atoms with E-state index in [9.17, 15) is 24.5 Å². The Hall–Kier alpha value is -2.77. The largest absolute Gasteiger partial charge is 0.351 e. The third-order valence-corrected chi connectivity index (χ3v) is 7.60. The topological polar surface area (TPSA) is 110 Å². The maximum atomic E-state index is 12.7. The van der Waals surface area contributed by atoms with Gasteiger partial charge in [-0.15, -0.1) is 0 Å². The maximum Gasteiger partial charge on any atom is 0.282 e. The van der Waals surface area contributed by atoms with E-state index in [0.717, 1.165) is 24.2 Å². The highest BCUT2D eigenvalue weighted by Crippen LogP contribution is 2.65. The highest BCUT2D eigenvalue weighted by molar-refractivity contribution is 6.24. The molecule has 2 aliphatic carbocycles. The molecule has 1 aromatic carbocycles. The molecule has 8 nitrogen and oxygen atoms in total. The van der Waals surface area contributed by atoms with Gasteiger partial charge in [-0.1, -0.05) is 26.8 Å².